The predicted octanol–water partition coefficient (Wildman–Crippen LogP) is 5.50. The molecule has 7 heteroatoms. The number of hydrogen-bond acceptors (Lipinski definition) is 7. The van der Waals surface area contributed by atoms with Crippen LogP contribution in [0.25, 0.3) is 11.1 Å². The molecule has 0 amide bonds. The van der Waals surface area contributed by atoms with Gasteiger partial charge in [0, 0.05) is 19.7 Å². The lowest BCUT2D eigenvalue weighted by Crippen LogP contribution is -2.35. The van der Waals surface area contributed by atoms with Crippen molar-refractivity contribution >= 4 is 11.1 Å². The van der Waals surface area contributed by atoms with Crippen LogP contribution < -0.4 is 24.3 Å². The third-order valence-corrected chi connectivity index (χ3v) is 6.21. The molecule has 3 aromatic rings. The van der Waals surface area contributed by atoms with Crippen LogP contribution in [-0.4, -0.2) is 51.1 Å². The Balaban J connectivity index is 1.65. The molecule has 1 atom stereocenters. The molecule has 7 nitrogen and oxygen atoms in total. The molecule has 1 heterocycles. The Morgan fingerprint density at radius 2 is 1.47 bits per heavy atom. The molecular formula is C31H37NO6. The summed E-state index contributed by atoms with van der Waals surface area (Å²) in [6.07, 6.45) is 0.230. The van der Waals surface area contributed by atoms with E-state index in [9.17, 15) is 5.11 Å². The lowest BCUT2D eigenvalue weighted by Gasteiger charge is -2.18. The minimum Gasteiger partial charge on any atom is -0.491 e. The van der Waals surface area contributed by atoms with E-state index >= 15 is 0 Å². The molecule has 2 N–H and O–H groups in total. The van der Waals surface area contributed by atoms with Crippen LogP contribution in [0.15, 0.2) is 66.7 Å². The highest BCUT2D eigenvalue weighted by Crippen LogP contribution is 2.40. The molecule has 38 heavy (non-hydrogen) atoms. The topological polar surface area (TPSA) is 78.4 Å². The molecule has 0 bridgehead atoms. The first-order chi connectivity index (χ1) is 18.5. The van der Waals surface area contributed by atoms with E-state index in [2.05, 4.69) is 42.6 Å². The van der Waals surface area contributed by atoms with Gasteiger partial charge in [-0.15, -0.1) is 0 Å². The van der Waals surface area contributed by atoms with E-state index in [1.807, 2.05) is 50.2 Å². The fourth-order valence-corrected chi connectivity index (χ4v) is 4.31. The van der Waals surface area contributed by atoms with Gasteiger partial charge in [-0.05, 0) is 70.7 Å². The number of rotatable bonds is 13. The maximum Gasteiger partial charge on any atom is 0.231 e. The number of aliphatic hydroxyl groups excluding tert-OH is 1. The highest BCUT2D eigenvalue weighted by atomic mass is 16.7. The number of benzene rings is 3. The van der Waals surface area contributed by atoms with Gasteiger partial charge in [-0.25, -0.2) is 0 Å². The van der Waals surface area contributed by atoms with Crippen molar-refractivity contribution in [2.24, 2.45) is 0 Å². The minimum atomic E-state index is -0.580. The molecule has 0 radical (unpaired) electrons. The van der Waals surface area contributed by atoms with Gasteiger partial charge in [0.25, 0.3) is 0 Å². The van der Waals surface area contributed by atoms with E-state index in [-0.39, 0.29) is 20.2 Å². The summed E-state index contributed by atoms with van der Waals surface area (Å²) >= 11 is 0. The molecule has 3 aromatic carbocycles. The summed E-state index contributed by atoms with van der Waals surface area (Å²) in [7, 11) is 1.60. The van der Waals surface area contributed by atoms with Crippen LogP contribution in [0.5, 0.6) is 23.0 Å². The van der Waals surface area contributed by atoms with E-state index in [1.165, 1.54) is 5.57 Å². The number of hydrogen-bond donors (Lipinski definition) is 2. The standard InChI is InChI=1S/C31H37NO6/c1-5-28(24-10-15-29-30(16-24)38-20-37-29)31(23-8-13-27(14-9-23)36-19-34-4)22-6-11-26(12-7-22)35-18-25(33)17-32-21(2)3/h6-16,21,25,32-33H,5,17-20H2,1-4H3/b31-28+. The van der Waals surface area contributed by atoms with Crippen LogP contribution in [0.3, 0.4) is 0 Å². The minimum absolute atomic E-state index is 0.198. The monoisotopic (exact) mass is 519 g/mol. The summed E-state index contributed by atoms with van der Waals surface area (Å²) in [6, 6.07) is 22.4. The van der Waals surface area contributed by atoms with Crippen LogP contribution in [0.4, 0.5) is 0 Å². The summed E-state index contributed by atoms with van der Waals surface area (Å²) in [5.41, 5.74) is 5.48. The first-order valence-electron chi connectivity index (χ1n) is 13.0. The van der Waals surface area contributed by atoms with Gasteiger partial charge in [-0.3, -0.25) is 0 Å². The predicted molar refractivity (Wildman–Crippen MR) is 149 cm³/mol. The Bertz CT molecular complexity index is 1200. The van der Waals surface area contributed by atoms with Crippen molar-refractivity contribution in [2.75, 3.05) is 33.8 Å². The lowest BCUT2D eigenvalue weighted by molar-refractivity contribution is 0.0511. The molecule has 0 spiro atoms. The third kappa shape index (κ3) is 7.07. The number of aliphatic hydroxyl groups is 1. The maximum absolute atomic E-state index is 10.2. The van der Waals surface area contributed by atoms with Gasteiger partial charge in [0.15, 0.2) is 18.3 Å². The largest absolute Gasteiger partial charge is 0.491 e. The van der Waals surface area contributed by atoms with Gasteiger partial charge in [0.2, 0.25) is 6.79 Å². The lowest BCUT2D eigenvalue weighted by atomic mass is 9.88. The van der Waals surface area contributed by atoms with Crippen LogP contribution in [-0.2, 0) is 4.74 Å². The van der Waals surface area contributed by atoms with Crippen LogP contribution in [0.1, 0.15) is 43.9 Å². The first-order valence-corrected chi connectivity index (χ1v) is 13.0. The number of methoxy groups -OCH3 is 1. The van der Waals surface area contributed by atoms with Crippen LogP contribution in [0.2, 0.25) is 0 Å². The van der Waals surface area contributed by atoms with Crippen LogP contribution in [0, 0.1) is 0 Å². The molecule has 0 fully saturated rings. The Morgan fingerprint density at radius 1 is 0.868 bits per heavy atom. The molecule has 1 aliphatic heterocycles. The van der Waals surface area contributed by atoms with E-state index in [0.29, 0.717) is 18.3 Å². The zero-order chi connectivity index (χ0) is 26.9. The highest BCUT2D eigenvalue weighted by molar-refractivity contribution is 5.99. The SMILES string of the molecule is CC/C(=C(\c1ccc(OCOC)cc1)c1ccc(OCC(O)CNC(C)C)cc1)c1ccc2c(c1)OCO2. The third-order valence-electron chi connectivity index (χ3n) is 6.21. The zero-order valence-corrected chi connectivity index (χ0v) is 22.5. The summed E-state index contributed by atoms with van der Waals surface area (Å²) in [5, 5.41) is 13.4. The fraction of sp³-hybridized carbons (Fsp3) is 0.355. The Kier molecular flexibility index (Phi) is 9.65. The smallest absolute Gasteiger partial charge is 0.231 e. The van der Waals surface area contributed by atoms with E-state index < -0.39 is 6.10 Å². The van der Waals surface area contributed by atoms with Crippen molar-refractivity contribution in [1.82, 2.24) is 5.32 Å². The molecule has 202 valence electrons. The normalized spacial score (nSPS) is 13.8. The van der Waals surface area contributed by atoms with Gasteiger partial charge >= 0.3 is 0 Å². The molecule has 0 aliphatic carbocycles. The summed E-state index contributed by atoms with van der Waals surface area (Å²) in [6.45, 7) is 7.40. The number of fused-ring (bicyclic) bond motifs is 1. The van der Waals surface area contributed by atoms with E-state index in [1.54, 1.807) is 7.11 Å². The Morgan fingerprint density at radius 3 is 2.08 bits per heavy atom. The van der Waals surface area contributed by atoms with Crippen molar-refractivity contribution in [3.05, 3.63) is 83.4 Å². The van der Waals surface area contributed by atoms with Gasteiger partial charge in [-0.1, -0.05) is 51.1 Å². The zero-order valence-electron chi connectivity index (χ0n) is 22.5. The van der Waals surface area contributed by atoms with E-state index in [0.717, 1.165) is 45.9 Å². The number of nitrogens with one attached hydrogen (secondary N) is 1. The van der Waals surface area contributed by atoms with Crippen LogP contribution >= 0.6 is 0 Å². The summed E-state index contributed by atoms with van der Waals surface area (Å²) < 4.78 is 27.7. The molecule has 1 unspecified atom stereocenters. The highest BCUT2D eigenvalue weighted by Gasteiger charge is 2.18. The van der Waals surface area contributed by atoms with Gasteiger partial charge < -0.3 is 34.1 Å². The quantitative estimate of drug-likeness (QED) is 0.228. The average molecular weight is 520 g/mol. The second-order valence-corrected chi connectivity index (χ2v) is 9.40. The van der Waals surface area contributed by atoms with Crippen molar-refractivity contribution in [3.63, 3.8) is 0 Å². The Labute approximate surface area is 225 Å². The van der Waals surface area contributed by atoms with Crippen molar-refractivity contribution < 1.29 is 28.8 Å². The molecule has 0 aromatic heterocycles. The second kappa shape index (κ2) is 13.3. The molecule has 1 aliphatic rings. The van der Waals surface area contributed by atoms with Gasteiger partial charge in [-0.2, -0.15) is 0 Å². The molecule has 0 saturated carbocycles. The molecule has 0 saturated heterocycles. The molecule has 4 rings (SSSR count). The van der Waals surface area contributed by atoms with Crippen molar-refractivity contribution in [2.45, 2.75) is 39.3 Å². The van der Waals surface area contributed by atoms with Gasteiger partial charge in [0.1, 0.15) is 24.2 Å². The van der Waals surface area contributed by atoms with Gasteiger partial charge in [0.05, 0.1) is 0 Å². The number of ether oxygens (including phenoxy) is 5. The van der Waals surface area contributed by atoms with Crippen molar-refractivity contribution in [3.8, 4) is 23.0 Å². The second-order valence-electron chi connectivity index (χ2n) is 9.40. The van der Waals surface area contributed by atoms with E-state index in [4.69, 9.17) is 23.7 Å². The summed E-state index contributed by atoms with van der Waals surface area (Å²) in [5.74, 6) is 2.97. The maximum atomic E-state index is 10.2. The average Bonchev–Trinajstić information content (AvgIpc) is 3.41. The Hall–Kier alpha value is -3.52. The first kappa shape index (κ1) is 27.5. The van der Waals surface area contributed by atoms with Crippen molar-refractivity contribution in [1.29, 1.82) is 0 Å². The molecular weight excluding hydrogens is 482 g/mol. The fourth-order valence-electron chi connectivity index (χ4n) is 4.31. The summed E-state index contributed by atoms with van der Waals surface area (Å²) in [4.78, 5) is 0. The number of allylic oxidation sites excluding steroid dienone is 1.